The van der Waals surface area contributed by atoms with Crippen molar-refractivity contribution in [3.63, 3.8) is 0 Å². The number of nitrogens with zero attached hydrogens (tertiary/aromatic N) is 1. The van der Waals surface area contributed by atoms with Crippen LogP contribution < -0.4 is 5.56 Å². The van der Waals surface area contributed by atoms with Gasteiger partial charge in [-0.1, -0.05) is 42.1 Å². The zero-order chi connectivity index (χ0) is 14.5. The van der Waals surface area contributed by atoms with E-state index in [1.165, 1.54) is 13.2 Å². The summed E-state index contributed by atoms with van der Waals surface area (Å²) in [5.74, 6) is -0.359. The predicted molar refractivity (Wildman–Crippen MR) is 77.6 cm³/mol. The molecule has 0 aliphatic rings. The van der Waals surface area contributed by atoms with Crippen molar-refractivity contribution >= 4 is 17.7 Å². The fraction of sp³-hybridized carbons (Fsp3) is 0.214. The van der Waals surface area contributed by atoms with Crippen LogP contribution in [0.2, 0.25) is 0 Å². The fourth-order valence-electron chi connectivity index (χ4n) is 1.63. The van der Waals surface area contributed by atoms with Crippen molar-refractivity contribution in [2.75, 3.05) is 7.11 Å². The third-order valence-corrected chi connectivity index (χ3v) is 3.57. The Hall–Kier alpha value is -2.08. The first-order valence-corrected chi connectivity index (χ1v) is 6.89. The molecule has 0 saturated heterocycles. The molecule has 2 rings (SSSR count). The summed E-state index contributed by atoms with van der Waals surface area (Å²) in [6.07, 6.45) is 0. The molecule has 0 aliphatic heterocycles. The predicted octanol–water partition coefficient (Wildman–Crippen LogP) is 2.09. The zero-order valence-corrected chi connectivity index (χ0v) is 11.9. The van der Waals surface area contributed by atoms with Gasteiger partial charge in [-0.05, 0) is 6.92 Å². The average Bonchev–Trinajstić information content (AvgIpc) is 2.46. The minimum Gasteiger partial charge on any atom is -0.468 e. The monoisotopic (exact) mass is 290 g/mol. The molecule has 0 radical (unpaired) electrons. The van der Waals surface area contributed by atoms with Gasteiger partial charge in [0.25, 0.3) is 5.56 Å². The molecule has 1 aromatic carbocycles. The summed E-state index contributed by atoms with van der Waals surface area (Å²) in [5.41, 5.74) is 1.18. The van der Waals surface area contributed by atoms with Crippen LogP contribution in [0, 0.1) is 0 Å². The van der Waals surface area contributed by atoms with Crippen molar-refractivity contribution in [3.05, 3.63) is 46.8 Å². The number of rotatable bonds is 4. The minimum atomic E-state index is -0.436. The minimum absolute atomic E-state index is 0.251. The number of nitrogens with one attached hydrogen (secondary N) is 1. The van der Waals surface area contributed by atoms with Gasteiger partial charge < -0.3 is 9.72 Å². The lowest BCUT2D eigenvalue weighted by atomic mass is 10.1. The number of methoxy groups -OCH3 is 1. The summed E-state index contributed by atoms with van der Waals surface area (Å²) in [4.78, 5) is 30.0. The van der Waals surface area contributed by atoms with E-state index in [0.29, 0.717) is 10.9 Å². The third kappa shape index (κ3) is 3.48. The fourth-order valence-corrected chi connectivity index (χ4v) is 2.47. The molecule has 0 unspecified atom stereocenters. The summed E-state index contributed by atoms with van der Waals surface area (Å²) in [6.45, 7) is 1.70. The lowest BCUT2D eigenvalue weighted by molar-refractivity contribution is -0.139. The number of benzene rings is 1. The molecular formula is C14H14N2O3S. The lowest BCUT2D eigenvalue weighted by Gasteiger charge is -2.08. The van der Waals surface area contributed by atoms with Gasteiger partial charge in [0.15, 0.2) is 5.16 Å². The van der Waals surface area contributed by atoms with E-state index in [-0.39, 0.29) is 11.5 Å². The van der Waals surface area contributed by atoms with Gasteiger partial charge >= 0.3 is 5.97 Å². The molecule has 0 saturated carbocycles. The van der Waals surface area contributed by atoms with Crippen molar-refractivity contribution in [3.8, 4) is 11.3 Å². The van der Waals surface area contributed by atoms with Gasteiger partial charge in [-0.25, -0.2) is 4.98 Å². The number of hydrogen-bond donors (Lipinski definition) is 1. The number of carbonyl (C=O) groups excluding carboxylic acids is 1. The van der Waals surface area contributed by atoms with Crippen LogP contribution in [-0.2, 0) is 9.53 Å². The quantitative estimate of drug-likeness (QED) is 0.530. The Balaban J connectivity index is 2.30. The van der Waals surface area contributed by atoms with Crippen LogP contribution in [0.3, 0.4) is 0 Å². The van der Waals surface area contributed by atoms with Gasteiger partial charge in [0.1, 0.15) is 5.25 Å². The maximum absolute atomic E-state index is 11.7. The second kappa shape index (κ2) is 6.38. The van der Waals surface area contributed by atoms with E-state index in [1.807, 2.05) is 30.3 Å². The molecule has 20 heavy (non-hydrogen) atoms. The summed E-state index contributed by atoms with van der Waals surface area (Å²) >= 11 is 1.16. The molecule has 1 atom stereocenters. The highest BCUT2D eigenvalue weighted by Gasteiger charge is 2.16. The second-order valence-corrected chi connectivity index (χ2v) is 5.41. The summed E-state index contributed by atoms with van der Waals surface area (Å²) in [7, 11) is 1.33. The van der Waals surface area contributed by atoms with Crippen LogP contribution in [0.15, 0.2) is 46.3 Å². The highest BCUT2D eigenvalue weighted by molar-refractivity contribution is 8.00. The molecule has 0 aliphatic carbocycles. The van der Waals surface area contributed by atoms with E-state index < -0.39 is 5.25 Å². The molecular weight excluding hydrogens is 276 g/mol. The number of hydrogen-bond acceptors (Lipinski definition) is 5. The van der Waals surface area contributed by atoms with Gasteiger partial charge in [0, 0.05) is 11.6 Å². The van der Waals surface area contributed by atoms with Crippen molar-refractivity contribution in [1.82, 2.24) is 9.97 Å². The Kier molecular flexibility index (Phi) is 4.57. The van der Waals surface area contributed by atoms with E-state index >= 15 is 0 Å². The Morgan fingerprint density at radius 1 is 1.35 bits per heavy atom. The molecule has 6 heteroatoms. The number of aromatic nitrogens is 2. The highest BCUT2D eigenvalue weighted by Crippen LogP contribution is 2.22. The highest BCUT2D eigenvalue weighted by atomic mass is 32.2. The largest absolute Gasteiger partial charge is 0.468 e. The number of thioether (sulfide) groups is 1. The Labute approximate surface area is 120 Å². The first-order chi connectivity index (χ1) is 9.60. The number of ether oxygens (including phenoxy) is 1. The normalized spacial score (nSPS) is 11.9. The Morgan fingerprint density at radius 2 is 2.05 bits per heavy atom. The third-order valence-electron chi connectivity index (χ3n) is 2.61. The smallest absolute Gasteiger partial charge is 0.318 e. The van der Waals surface area contributed by atoms with Crippen LogP contribution in [-0.4, -0.2) is 28.3 Å². The molecule has 0 amide bonds. The van der Waals surface area contributed by atoms with Crippen molar-refractivity contribution in [1.29, 1.82) is 0 Å². The first-order valence-electron chi connectivity index (χ1n) is 6.01. The zero-order valence-electron chi connectivity index (χ0n) is 11.1. The van der Waals surface area contributed by atoms with Crippen LogP contribution in [0.25, 0.3) is 11.3 Å². The Morgan fingerprint density at radius 3 is 2.70 bits per heavy atom. The number of aromatic amines is 1. The molecule has 2 aromatic rings. The van der Waals surface area contributed by atoms with E-state index in [1.54, 1.807) is 6.92 Å². The molecule has 0 spiro atoms. The van der Waals surface area contributed by atoms with Gasteiger partial charge in [-0.3, -0.25) is 9.59 Å². The van der Waals surface area contributed by atoms with Crippen LogP contribution in [0.5, 0.6) is 0 Å². The van der Waals surface area contributed by atoms with E-state index in [0.717, 1.165) is 17.3 Å². The number of H-pyrrole nitrogens is 1. The van der Waals surface area contributed by atoms with Gasteiger partial charge in [-0.15, -0.1) is 0 Å². The van der Waals surface area contributed by atoms with Crippen molar-refractivity contribution in [2.45, 2.75) is 17.3 Å². The molecule has 1 heterocycles. The molecule has 0 fully saturated rings. The van der Waals surface area contributed by atoms with Crippen molar-refractivity contribution < 1.29 is 9.53 Å². The average molecular weight is 290 g/mol. The standard InChI is InChI=1S/C14H14N2O3S/c1-9(13(18)19-2)20-14-15-11(8-12(17)16-14)10-6-4-3-5-7-10/h3-9H,1-2H3,(H,15,16,17)/t9-/m1/s1. The maximum Gasteiger partial charge on any atom is 0.318 e. The van der Waals surface area contributed by atoms with Crippen LogP contribution >= 0.6 is 11.8 Å². The van der Waals surface area contributed by atoms with E-state index in [9.17, 15) is 9.59 Å². The van der Waals surface area contributed by atoms with Gasteiger partial charge in [0.05, 0.1) is 12.8 Å². The molecule has 1 aromatic heterocycles. The molecule has 104 valence electrons. The van der Waals surface area contributed by atoms with Gasteiger partial charge in [-0.2, -0.15) is 0 Å². The molecule has 1 N–H and O–H groups in total. The number of carbonyl (C=O) groups is 1. The second-order valence-electron chi connectivity index (χ2n) is 4.09. The number of esters is 1. The Bertz CT molecular complexity index is 655. The van der Waals surface area contributed by atoms with E-state index in [2.05, 4.69) is 14.7 Å². The molecule has 5 nitrogen and oxygen atoms in total. The summed E-state index contributed by atoms with van der Waals surface area (Å²) in [5, 5.41) is -0.0385. The lowest BCUT2D eigenvalue weighted by Crippen LogP contribution is -2.16. The topological polar surface area (TPSA) is 72.0 Å². The van der Waals surface area contributed by atoms with Crippen molar-refractivity contribution in [2.24, 2.45) is 0 Å². The van der Waals surface area contributed by atoms with E-state index in [4.69, 9.17) is 0 Å². The van der Waals surface area contributed by atoms with Gasteiger partial charge in [0.2, 0.25) is 0 Å². The summed E-state index contributed by atoms with van der Waals surface area (Å²) < 4.78 is 4.65. The SMILES string of the molecule is COC(=O)[C@@H](C)Sc1nc(-c2ccccc2)cc(=O)[nH]1. The van der Waals surface area contributed by atoms with Crippen LogP contribution in [0.4, 0.5) is 0 Å². The molecule has 0 bridgehead atoms. The summed E-state index contributed by atoms with van der Waals surface area (Å²) in [6, 6.07) is 10.8. The van der Waals surface area contributed by atoms with Crippen LogP contribution in [0.1, 0.15) is 6.92 Å². The maximum atomic E-state index is 11.7. The first kappa shape index (κ1) is 14.3.